The minimum Gasteiger partial charge on any atom is -0.445 e. The fourth-order valence-electron chi connectivity index (χ4n) is 7.70. The molecule has 10 heteroatoms. The molecule has 7 rings (SSSR count). The molecule has 0 aromatic heterocycles. The van der Waals surface area contributed by atoms with E-state index in [1.807, 2.05) is 47.4 Å². The Hall–Kier alpha value is -3.92. The average Bonchev–Trinajstić information content (AvgIpc) is 3.35. The van der Waals surface area contributed by atoms with Gasteiger partial charge in [-0.25, -0.2) is 4.79 Å². The monoisotopic (exact) mass is 599 g/mol. The second-order valence-electron chi connectivity index (χ2n) is 13.4. The van der Waals surface area contributed by atoms with Crippen LogP contribution in [0, 0.1) is 11.3 Å². The van der Waals surface area contributed by atoms with Gasteiger partial charge in [0.2, 0.25) is 11.8 Å². The molecule has 5 aliphatic heterocycles. The third kappa shape index (κ3) is 5.79. The summed E-state index contributed by atoms with van der Waals surface area (Å²) in [5.41, 5.74) is 4.13. The van der Waals surface area contributed by atoms with E-state index in [0.29, 0.717) is 36.5 Å². The molecule has 2 aromatic rings. The second-order valence-corrected chi connectivity index (χ2v) is 13.4. The van der Waals surface area contributed by atoms with Crippen LogP contribution in [0.4, 0.5) is 10.5 Å². The summed E-state index contributed by atoms with van der Waals surface area (Å²) in [7, 11) is 0. The molecule has 4 saturated heterocycles. The van der Waals surface area contributed by atoms with Gasteiger partial charge < -0.3 is 24.3 Å². The Labute approximate surface area is 258 Å². The van der Waals surface area contributed by atoms with E-state index in [2.05, 4.69) is 21.2 Å². The number of nitrogens with zero attached hydrogens (tertiary/aromatic N) is 4. The third-order valence-electron chi connectivity index (χ3n) is 10.4. The first-order valence-electron chi connectivity index (χ1n) is 16.1. The molecule has 5 heterocycles. The van der Waals surface area contributed by atoms with E-state index in [4.69, 9.17) is 4.74 Å². The molecule has 2 aromatic carbocycles. The van der Waals surface area contributed by atoms with Crippen LogP contribution in [0.3, 0.4) is 0 Å². The predicted molar refractivity (Wildman–Crippen MR) is 164 cm³/mol. The summed E-state index contributed by atoms with van der Waals surface area (Å²) in [6.45, 7) is 7.68. The van der Waals surface area contributed by atoms with Crippen molar-refractivity contribution >= 4 is 29.5 Å². The summed E-state index contributed by atoms with van der Waals surface area (Å²) in [6.07, 6.45) is 4.88. The van der Waals surface area contributed by atoms with Gasteiger partial charge in [-0.1, -0.05) is 30.3 Å². The molecule has 44 heavy (non-hydrogen) atoms. The Bertz CT molecular complexity index is 1420. The molecule has 0 aliphatic carbocycles. The molecule has 1 atom stereocenters. The van der Waals surface area contributed by atoms with Gasteiger partial charge in [0.25, 0.3) is 5.91 Å². The van der Waals surface area contributed by atoms with Crippen LogP contribution in [-0.2, 0) is 27.5 Å². The van der Waals surface area contributed by atoms with Gasteiger partial charge in [0.05, 0.1) is 0 Å². The summed E-state index contributed by atoms with van der Waals surface area (Å²) in [4.78, 5) is 58.0. The molecule has 0 bridgehead atoms. The van der Waals surface area contributed by atoms with Crippen LogP contribution in [0.25, 0.3) is 0 Å². The Balaban J connectivity index is 0.844. The maximum atomic E-state index is 13.0. The first kappa shape index (κ1) is 28.8. The van der Waals surface area contributed by atoms with Gasteiger partial charge in [0.15, 0.2) is 0 Å². The minimum atomic E-state index is -0.581. The number of nitrogens with one attached hydrogen (secondary N) is 1. The highest BCUT2D eigenvalue weighted by Gasteiger charge is 2.46. The lowest BCUT2D eigenvalue weighted by molar-refractivity contribution is -0.136. The number of hydrogen-bond donors (Lipinski definition) is 1. The quantitative estimate of drug-likeness (QED) is 0.508. The van der Waals surface area contributed by atoms with Crippen LogP contribution in [0.1, 0.15) is 60.0 Å². The van der Waals surface area contributed by atoms with Crippen molar-refractivity contribution in [1.82, 2.24) is 20.0 Å². The summed E-state index contributed by atoms with van der Waals surface area (Å²) < 4.78 is 5.53. The van der Waals surface area contributed by atoms with Crippen LogP contribution in [0.5, 0.6) is 0 Å². The number of likely N-dealkylation sites (tertiary alicyclic amines) is 2. The number of amides is 4. The molecule has 0 saturated carbocycles. The summed E-state index contributed by atoms with van der Waals surface area (Å²) >= 11 is 0. The van der Waals surface area contributed by atoms with Gasteiger partial charge in [-0.3, -0.25) is 19.7 Å². The van der Waals surface area contributed by atoms with Crippen LogP contribution in [0.15, 0.2) is 48.5 Å². The molecular formula is C34H41N5O5. The molecule has 232 valence electrons. The van der Waals surface area contributed by atoms with E-state index in [9.17, 15) is 19.2 Å². The van der Waals surface area contributed by atoms with E-state index >= 15 is 0 Å². The van der Waals surface area contributed by atoms with Gasteiger partial charge in [-0.05, 0) is 80.4 Å². The highest BCUT2D eigenvalue weighted by molar-refractivity contribution is 6.05. The fraction of sp³-hybridized carbons (Fsp3) is 0.529. The number of hydrogen-bond acceptors (Lipinski definition) is 7. The largest absolute Gasteiger partial charge is 0.445 e. The van der Waals surface area contributed by atoms with Gasteiger partial charge in [0.1, 0.15) is 12.6 Å². The zero-order valence-corrected chi connectivity index (χ0v) is 25.2. The van der Waals surface area contributed by atoms with E-state index in [-0.39, 0.29) is 30.2 Å². The molecule has 1 N–H and O–H groups in total. The third-order valence-corrected chi connectivity index (χ3v) is 10.4. The van der Waals surface area contributed by atoms with Crippen LogP contribution < -0.4 is 10.2 Å². The lowest BCUT2D eigenvalue weighted by Crippen LogP contribution is -2.60. The Kier molecular flexibility index (Phi) is 7.78. The number of anilines is 1. The smallest absolute Gasteiger partial charge is 0.410 e. The molecule has 10 nitrogen and oxygen atoms in total. The molecule has 1 unspecified atom stereocenters. The average molecular weight is 600 g/mol. The normalized spacial score (nSPS) is 23.9. The highest BCUT2D eigenvalue weighted by Crippen LogP contribution is 2.43. The molecule has 4 fully saturated rings. The number of carbonyl (C=O) groups excluding carboxylic acids is 4. The van der Waals surface area contributed by atoms with Gasteiger partial charge >= 0.3 is 6.09 Å². The Morgan fingerprint density at radius 2 is 1.68 bits per heavy atom. The number of piperidine rings is 3. The van der Waals surface area contributed by atoms with Crippen molar-refractivity contribution in [2.45, 2.75) is 57.7 Å². The number of benzene rings is 2. The molecular weight excluding hydrogens is 558 g/mol. The number of rotatable bonds is 6. The molecule has 1 spiro atoms. The van der Waals surface area contributed by atoms with Crippen molar-refractivity contribution in [1.29, 1.82) is 0 Å². The van der Waals surface area contributed by atoms with Crippen LogP contribution in [-0.4, -0.2) is 90.4 Å². The van der Waals surface area contributed by atoms with Crippen LogP contribution >= 0.6 is 0 Å². The van der Waals surface area contributed by atoms with Crippen molar-refractivity contribution in [3.8, 4) is 0 Å². The van der Waals surface area contributed by atoms with Crippen molar-refractivity contribution in [2.75, 3.05) is 50.7 Å². The zero-order chi connectivity index (χ0) is 30.3. The molecule has 5 aliphatic rings. The highest BCUT2D eigenvalue weighted by atomic mass is 16.6. The zero-order valence-electron chi connectivity index (χ0n) is 25.2. The van der Waals surface area contributed by atoms with Gasteiger partial charge in [0, 0.05) is 62.4 Å². The first-order valence-corrected chi connectivity index (χ1v) is 16.1. The van der Waals surface area contributed by atoms with Gasteiger partial charge in [-0.15, -0.1) is 0 Å². The molecule has 4 amide bonds. The maximum Gasteiger partial charge on any atom is 0.410 e. The topological polar surface area (TPSA) is 102 Å². The van der Waals surface area contributed by atoms with Crippen molar-refractivity contribution in [3.63, 3.8) is 0 Å². The second kappa shape index (κ2) is 11.9. The Morgan fingerprint density at radius 1 is 0.932 bits per heavy atom. The maximum absolute atomic E-state index is 13.0. The van der Waals surface area contributed by atoms with Crippen LogP contribution in [0.2, 0.25) is 0 Å². The summed E-state index contributed by atoms with van der Waals surface area (Å²) in [6, 6.07) is 15.3. The number of carbonyl (C=O) groups is 4. The van der Waals surface area contributed by atoms with Gasteiger partial charge in [-0.2, -0.15) is 0 Å². The SMILES string of the molecule is O=C1CCC(N2Cc3cc(N4CC5(CCN(CC6CCN(C(=O)OCc7ccccc7)CC6)CC5)C4)ccc3C2=O)C(=O)N1. The number of fused-ring (bicyclic) bond motifs is 1. The predicted octanol–water partition coefficient (Wildman–Crippen LogP) is 3.40. The van der Waals surface area contributed by atoms with E-state index < -0.39 is 6.04 Å². The van der Waals surface area contributed by atoms with E-state index in [1.54, 1.807) is 4.90 Å². The number of ether oxygens (including phenoxy) is 1. The van der Waals surface area contributed by atoms with E-state index in [0.717, 1.165) is 75.5 Å². The standard InChI is InChI=1S/C34H41N5O5/c40-30-9-8-29(31(41)35-30)39-20-26-18-27(6-7-28(26)32(39)42)38-22-34(23-38)12-16-36(17-13-34)19-24-10-14-37(15-11-24)33(43)44-21-25-4-2-1-3-5-25/h1-7,18,24,29H,8-17,19-23H2,(H,35,40,41). The fourth-order valence-corrected chi connectivity index (χ4v) is 7.70. The lowest BCUT2D eigenvalue weighted by Gasteiger charge is -2.55. The summed E-state index contributed by atoms with van der Waals surface area (Å²) in [5, 5.41) is 2.37. The first-order chi connectivity index (χ1) is 21.4. The lowest BCUT2D eigenvalue weighted by atomic mass is 9.71. The number of imide groups is 1. The molecule has 0 radical (unpaired) electrons. The van der Waals surface area contributed by atoms with E-state index in [1.165, 1.54) is 12.8 Å². The van der Waals surface area contributed by atoms with Crippen molar-refractivity contribution < 1.29 is 23.9 Å². The van der Waals surface area contributed by atoms with Crippen molar-refractivity contribution in [2.24, 2.45) is 11.3 Å². The Morgan fingerprint density at radius 3 is 2.41 bits per heavy atom. The summed E-state index contributed by atoms with van der Waals surface area (Å²) in [5.74, 6) is -0.144. The minimum absolute atomic E-state index is 0.123. The van der Waals surface area contributed by atoms with Crippen molar-refractivity contribution in [3.05, 3.63) is 65.2 Å².